The summed E-state index contributed by atoms with van der Waals surface area (Å²) in [6, 6.07) is 8.50. The van der Waals surface area contributed by atoms with E-state index < -0.39 is 5.97 Å². The van der Waals surface area contributed by atoms with Crippen molar-refractivity contribution >= 4 is 44.8 Å². The van der Waals surface area contributed by atoms with Crippen LogP contribution in [0.25, 0.3) is 10.1 Å². The van der Waals surface area contributed by atoms with Crippen LogP contribution in [0.15, 0.2) is 36.5 Å². The summed E-state index contributed by atoms with van der Waals surface area (Å²) >= 11 is 7.37. The number of hydrogen-bond acceptors (Lipinski definition) is 5. The summed E-state index contributed by atoms with van der Waals surface area (Å²) in [6.07, 6.45) is 1.36. The highest BCUT2D eigenvalue weighted by atomic mass is 35.5. The fourth-order valence-corrected chi connectivity index (χ4v) is 3.62. The smallest absolute Gasteiger partial charge is 0.358 e. The molecule has 0 atom stereocenters. The number of carboxylic acid groups (broad SMARTS) is 1. The van der Waals surface area contributed by atoms with Gasteiger partial charge in [0.15, 0.2) is 18.1 Å². The second-order valence-electron chi connectivity index (χ2n) is 5.06. The molecule has 3 aromatic rings. The Balaban J connectivity index is 1.84. The van der Waals surface area contributed by atoms with Gasteiger partial charge in [-0.25, -0.2) is 9.78 Å². The molecule has 0 aliphatic carbocycles. The van der Waals surface area contributed by atoms with Crippen molar-refractivity contribution in [1.29, 1.82) is 0 Å². The van der Waals surface area contributed by atoms with Crippen molar-refractivity contribution < 1.29 is 19.4 Å². The number of fused-ring (bicyclic) bond motifs is 1. The van der Waals surface area contributed by atoms with Crippen LogP contribution in [0.3, 0.4) is 0 Å². The molecule has 0 amide bonds. The fourth-order valence-electron chi connectivity index (χ4n) is 2.34. The second kappa shape index (κ2) is 6.59. The lowest BCUT2D eigenvalue weighted by Crippen LogP contribution is -2.13. The molecule has 2 heterocycles. The quantitative estimate of drug-likeness (QED) is 0.688. The summed E-state index contributed by atoms with van der Waals surface area (Å²) < 4.78 is 6.34. The van der Waals surface area contributed by atoms with E-state index in [0.29, 0.717) is 9.90 Å². The van der Waals surface area contributed by atoms with E-state index in [-0.39, 0.29) is 23.8 Å². The van der Waals surface area contributed by atoms with Gasteiger partial charge < -0.3 is 9.84 Å². The molecule has 5 nitrogen and oxygen atoms in total. The average Bonchev–Trinajstić information content (AvgIpc) is 2.89. The zero-order chi connectivity index (χ0) is 17.3. The van der Waals surface area contributed by atoms with Gasteiger partial charge in [0, 0.05) is 15.9 Å². The number of pyridine rings is 1. The first-order valence-corrected chi connectivity index (χ1v) is 8.20. The number of Topliss-reactive ketones (excluding diaryl/α,β-unsaturated/α-hetero) is 1. The number of halogens is 1. The van der Waals surface area contributed by atoms with Gasteiger partial charge in [0.05, 0.1) is 4.88 Å². The van der Waals surface area contributed by atoms with E-state index in [4.69, 9.17) is 21.4 Å². The number of carboxylic acids is 1. The third-order valence-corrected chi connectivity index (χ3v) is 5.03. The van der Waals surface area contributed by atoms with Crippen LogP contribution in [0.4, 0.5) is 0 Å². The Morgan fingerprint density at radius 3 is 2.88 bits per heavy atom. The van der Waals surface area contributed by atoms with Gasteiger partial charge in [-0.3, -0.25) is 4.79 Å². The predicted octanol–water partition coefficient (Wildman–Crippen LogP) is 4.22. The minimum absolute atomic E-state index is 0.0696. The van der Waals surface area contributed by atoms with Crippen molar-refractivity contribution in [2.24, 2.45) is 0 Å². The van der Waals surface area contributed by atoms with Crippen LogP contribution >= 0.6 is 22.9 Å². The number of ketones is 1. The van der Waals surface area contributed by atoms with Crippen LogP contribution in [0, 0.1) is 6.92 Å². The summed E-state index contributed by atoms with van der Waals surface area (Å²) in [5.74, 6) is -1.35. The summed E-state index contributed by atoms with van der Waals surface area (Å²) in [5.41, 5.74) is 0.626. The Bertz CT molecular complexity index is 951. The summed E-state index contributed by atoms with van der Waals surface area (Å²) in [7, 11) is 0. The van der Waals surface area contributed by atoms with Gasteiger partial charge in [0.25, 0.3) is 0 Å². The molecule has 0 saturated carbocycles. The van der Waals surface area contributed by atoms with Crippen molar-refractivity contribution in [3.63, 3.8) is 0 Å². The Kier molecular flexibility index (Phi) is 4.51. The minimum atomic E-state index is -1.20. The Labute approximate surface area is 146 Å². The first-order valence-electron chi connectivity index (χ1n) is 7.00. The van der Waals surface area contributed by atoms with Crippen LogP contribution in [0.2, 0.25) is 5.02 Å². The maximum absolute atomic E-state index is 12.5. The number of hydrogen-bond donors (Lipinski definition) is 1. The predicted molar refractivity (Wildman–Crippen MR) is 92.6 cm³/mol. The minimum Gasteiger partial charge on any atom is -0.483 e. The molecule has 0 unspecified atom stereocenters. The molecule has 1 N–H and O–H groups in total. The molecule has 7 heteroatoms. The highest BCUT2D eigenvalue weighted by Gasteiger charge is 2.18. The lowest BCUT2D eigenvalue weighted by molar-refractivity contribution is 0.0682. The van der Waals surface area contributed by atoms with E-state index in [9.17, 15) is 9.59 Å². The van der Waals surface area contributed by atoms with Crippen LogP contribution < -0.4 is 4.74 Å². The molecule has 0 saturated heterocycles. The standard InChI is InChI=1S/C17H12ClNO4S/c1-9-11-7-10(18)4-5-14(11)24-16(9)12(20)8-23-13-3-2-6-19-15(13)17(21)22/h2-7H,8H2,1H3,(H,21,22). The van der Waals surface area contributed by atoms with Gasteiger partial charge >= 0.3 is 5.97 Å². The van der Waals surface area contributed by atoms with Gasteiger partial charge in [0.2, 0.25) is 5.78 Å². The van der Waals surface area contributed by atoms with Gasteiger partial charge in [-0.1, -0.05) is 11.6 Å². The number of rotatable bonds is 5. The van der Waals surface area contributed by atoms with Crippen molar-refractivity contribution in [1.82, 2.24) is 4.98 Å². The number of ether oxygens (including phenoxy) is 1. The molecule has 0 bridgehead atoms. The van der Waals surface area contributed by atoms with Crippen molar-refractivity contribution in [2.45, 2.75) is 6.92 Å². The highest BCUT2D eigenvalue weighted by Crippen LogP contribution is 2.33. The molecular formula is C17H12ClNO4S. The number of carbonyl (C=O) groups is 2. The number of aromatic nitrogens is 1. The Morgan fingerprint density at radius 1 is 1.33 bits per heavy atom. The normalized spacial score (nSPS) is 10.8. The van der Waals surface area contributed by atoms with Crippen LogP contribution in [-0.4, -0.2) is 28.4 Å². The molecule has 0 aliphatic heterocycles. The fraction of sp³-hybridized carbons (Fsp3) is 0.118. The molecule has 0 radical (unpaired) electrons. The lowest BCUT2D eigenvalue weighted by atomic mass is 10.1. The summed E-state index contributed by atoms with van der Waals surface area (Å²) in [4.78, 5) is 27.9. The monoisotopic (exact) mass is 361 g/mol. The van der Waals surface area contributed by atoms with Gasteiger partial charge in [0.1, 0.15) is 0 Å². The van der Waals surface area contributed by atoms with Crippen molar-refractivity contribution in [2.75, 3.05) is 6.61 Å². The van der Waals surface area contributed by atoms with E-state index in [2.05, 4.69) is 4.98 Å². The Hall–Kier alpha value is -2.44. The highest BCUT2D eigenvalue weighted by molar-refractivity contribution is 7.21. The number of nitrogens with zero attached hydrogens (tertiary/aromatic N) is 1. The second-order valence-corrected chi connectivity index (χ2v) is 6.55. The summed E-state index contributed by atoms with van der Waals surface area (Å²) in [5, 5.41) is 10.6. The molecule has 2 aromatic heterocycles. The summed E-state index contributed by atoms with van der Waals surface area (Å²) in [6.45, 7) is 1.60. The van der Waals surface area contributed by atoms with Crippen LogP contribution in [-0.2, 0) is 0 Å². The van der Waals surface area contributed by atoms with E-state index in [1.54, 1.807) is 12.1 Å². The first kappa shape index (κ1) is 16.4. The third kappa shape index (κ3) is 3.11. The van der Waals surface area contributed by atoms with Crippen LogP contribution in [0.1, 0.15) is 25.7 Å². The maximum atomic E-state index is 12.5. The van der Waals surface area contributed by atoms with E-state index in [0.717, 1.165) is 15.6 Å². The molecule has 1 aromatic carbocycles. The number of thiophene rings is 1. The van der Waals surface area contributed by atoms with E-state index in [1.165, 1.54) is 23.6 Å². The topological polar surface area (TPSA) is 76.5 Å². The zero-order valence-corrected chi connectivity index (χ0v) is 14.1. The van der Waals surface area contributed by atoms with Crippen molar-refractivity contribution in [3.8, 4) is 5.75 Å². The van der Waals surface area contributed by atoms with Crippen LogP contribution in [0.5, 0.6) is 5.75 Å². The SMILES string of the molecule is Cc1c(C(=O)COc2cccnc2C(=O)O)sc2ccc(Cl)cc12. The van der Waals surface area contributed by atoms with Gasteiger partial charge in [-0.05, 0) is 48.2 Å². The Morgan fingerprint density at radius 2 is 2.12 bits per heavy atom. The first-order chi connectivity index (χ1) is 11.5. The number of carbonyl (C=O) groups excluding carboxylic acids is 1. The molecule has 0 fully saturated rings. The molecule has 24 heavy (non-hydrogen) atoms. The molecule has 0 aliphatic rings. The molecular weight excluding hydrogens is 350 g/mol. The average molecular weight is 362 g/mol. The number of benzene rings is 1. The largest absolute Gasteiger partial charge is 0.483 e. The van der Waals surface area contributed by atoms with E-state index in [1.807, 2.05) is 19.1 Å². The lowest BCUT2D eigenvalue weighted by Gasteiger charge is -2.07. The molecule has 122 valence electrons. The maximum Gasteiger partial charge on any atom is 0.358 e. The number of aryl methyl sites for hydroxylation is 1. The zero-order valence-electron chi connectivity index (χ0n) is 12.6. The molecule has 0 spiro atoms. The third-order valence-electron chi connectivity index (χ3n) is 3.48. The van der Waals surface area contributed by atoms with Crippen molar-refractivity contribution in [3.05, 3.63) is 57.7 Å². The van der Waals surface area contributed by atoms with Gasteiger partial charge in [-0.15, -0.1) is 11.3 Å². The number of aromatic carboxylic acids is 1. The molecule has 3 rings (SSSR count). The van der Waals surface area contributed by atoms with E-state index >= 15 is 0 Å². The van der Waals surface area contributed by atoms with Gasteiger partial charge in [-0.2, -0.15) is 0 Å².